The third-order valence-corrected chi connectivity index (χ3v) is 3.15. The van der Waals surface area contributed by atoms with E-state index in [0.717, 1.165) is 0 Å². The predicted molar refractivity (Wildman–Crippen MR) is 83.9 cm³/mol. The largest absolute Gasteiger partial charge is 0.486 e. The molecule has 1 aliphatic heterocycles. The highest BCUT2D eigenvalue weighted by atomic mass is 16.6. The Morgan fingerprint density at radius 3 is 2.78 bits per heavy atom. The Morgan fingerprint density at radius 1 is 1.22 bits per heavy atom. The molecule has 3 rings (SSSR count). The first-order valence-electron chi connectivity index (χ1n) is 7.00. The number of nitriles is 1. The van der Waals surface area contributed by atoms with Gasteiger partial charge < -0.3 is 14.8 Å². The van der Waals surface area contributed by atoms with E-state index in [1.54, 1.807) is 42.6 Å². The maximum Gasteiger partial charge on any atom is 0.267 e. The lowest BCUT2D eigenvalue weighted by molar-refractivity contribution is -0.112. The van der Waals surface area contributed by atoms with Gasteiger partial charge in [0.25, 0.3) is 5.91 Å². The molecule has 0 fully saturated rings. The van der Waals surface area contributed by atoms with E-state index >= 15 is 0 Å². The van der Waals surface area contributed by atoms with Gasteiger partial charge in [0.2, 0.25) is 0 Å². The van der Waals surface area contributed by atoms with Crippen LogP contribution in [0.15, 0.2) is 48.2 Å². The second kappa shape index (κ2) is 6.62. The molecule has 0 spiro atoms. The molecule has 0 bridgehead atoms. The van der Waals surface area contributed by atoms with Crippen LogP contribution in [0.2, 0.25) is 0 Å². The van der Waals surface area contributed by atoms with Crippen LogP contribution in [0.4, 0.5) is 5.82 Å². The van der Waals surface area contributed by atoms with E-state index in [9.17, 15) is 10.1 Å². The third kappa shape index (κ3) is 3.47. The van der Waals surface area contributed by atoms with E-state index in [1.807, 2.05) is 6.07 Å². The zero-order chi connectivity index (χ0) is 16.1. The highest BCUT2D eigenvalue weighted by molar-refractivity contribution is 6.09. The van der Waals surface area contributed by atoms with Crippen molar-refractivity contribution in [3.8, 4) is 17.6 Å². The van der Waals surface area contributed by atoms with E-state index in [-0.39, 0.29) is 5.57 Å². The van der Waals surface area contributed by atoms with Gasteiger partial charge in [0.15, 0.2) is 11.5 Å². The zero-order valence-corrected chi connectivity index (χ0v) is 12.2. The minimum Gasteiger partial charge on any atom is -0.486 e. The van der Waals surface area contributed by atoms with Crippen LogP contribution in [0.3, 0.4) is 0 Å². The van der Waals surface area contributed by atoms with E-state index in [1.165, 1.54) is 6.08 Å². The normalized spacial score (nSPS) is 13.1. The van der Waals surface area contributed by atoms with Crippen molar-refractivity contribution in [2.75, 3.05) is 18.5 Å². The summed E-state index contributed by atoms with van der Waals surface area (Å²) in [6.07, 6.45) is 3.06. The summed E-state index contributed by atoms with van der Waals surface area (Å²) in [7, 11) is 0. The summed E-state index contributed by atoms with van der Waals surface area (Å²) in [5.41, 5.74) is 0.661. The molecule has 2 heterocycles. The first-order valence-corrected chi connectivity index (χ1v) is 7.00. The second-order valence-corrected chi connectivity index (χ2v) is 4.74. The first-order chi connectivity index (χ1) is 11.3. The lowest BCUT2D eigenvalue weighted by Gasteiger charge is -2.18. The van der Waals surface area contributed by atoms with Crippen LogP contribution in [0, 0.1) is 11.3 Å². The number of anilines is 1. The predicted octanol–water partition coefficient (Wildman–Crippen LogP) is 2.40. The third-order valence-electron chi connectivity index (χ3n) is 3.15. The second-order valence-electron chi connectivity index (χ2n) is 4.74. The molecule has 2 aromatic rings. The van der Waals surface area contributed by atoms with Crippen LogP contribution in [0.1, 0.15) is 5.56 Å². The number of carbonyl (C=O) groups is 1. The van der Waals surface area contributed by atoms with Gasteiger partial charge in [-0.05, 0) is 35.9 Å². The van der Waals surface area contributed by atoms with Crippen molar-refractivity contribution in [2.24, 2.45) is 0 Å². The van der Waals surface area contributed by atoms with Crippen LogP contribution in [0.25, 0.3) is 6.08 Å². The number of pyridine rings is 1. The van der Waals surface area contributed by atoms with E-state index in [0.29, 0.717) is 36.1 Å². The number of benzene rings is 1. The standard InChI is InChI=1S/C17H13N3O3/c18-11-13(17(21)20-16-3-1-2-6-19-16)9-12-4-5-14-15(10-12)23-8-7-22-14/h1-6,9-10H,7-8H2,(H,19,20,21)/b13-9+. The molecule has 6 heteroatoms. The first kappa shape index (κ1) is 14.6. The van der Waals surface area contributed by atoms with Crippen LogP contribution in [-0.2, 0) is 4.79 Å². The number of nitrogens with one attached hydrogen (secondary N) is 1. The van der Waals surface area contributed by atoms with Gasteiger partial charge in [-0.25, -0.2) is 4.98 Å². The quantitative estimate of drug-likeness (QED) is 0.695. The van der Waals surface area contributed by atoms with Crippen LogP contribution < -0.4 is 14.8 Å². The molecule has 1 amide bonds. The van der Waals surface area contributed by atoms with Crippen LogP contribution >= 0.6 is 0 Å². The van der Waals surface area contributed by atoms with E-state index in [4.69, 9.17) is 9.47 Å². The highest BCUT2D eigenvalue weighted by Gasteiger charge is 2.13. The van der Waals surface area contributed by atoms with Gasteiger partial charge in [-0.1, -0.05) is 12.1 Å². The number of fused-ring (bicyclic) bond motifs is 1. The lowest BCUT2D eigenvalue weighted by atomic mass is 10.1. The van der Waals surface area contributed by atoms with Crippen molar-refractivity contribution >= 4 is 17.8 Å². The number of aromatic nitrogens is 1. The smallest absolute Gasteiger partial charge is 0.267 e. The van der Waals surface area contributed by atoms with Gasteiger partial charge in [0.1, 0.15) is 30.7 Å². The maximum absolute atomic E-state index is 12.1. The summed E-state index contributed by atoms with van der Waals surface area (Å²) < 4.78 is 10.9. The fourth-order valence-electron chi connectivity index (χ4n) is 2.09. The van der Waals surface area contributed by atoms with Crippen molar-refractivity contribution in [3.05, 3.63) is 53.7 Å². The number of nitrogens with zero attached hydrogens (tertiary/aromatic N) is 2. The summed E-state index contributed by atoms with van der Waals surface area (Å²) in [5, 5.41) is 11.8. The molecule has 1 aromatic carbocycles. The van der Waals surface area contributed by atoms with Crippen molar-refractivity contribution < 1.29 is 14.3 Å². The van der Waals surface area contributed by atoms with Crippen LogP contribution in [0.5, 0.6) is 11.5 Å². The van der Waals surface area contributed by atoms with Gasteiger partial charge in [0.05, 0.1) is 0 Å². The Morgan fingerprint density at radius 2 is 2.04 bits per heavy atom. The number of amides is 1. The van der Waals surface area contributed by atoms with Gasteiger partial charge in [-0.3, -0.25) is 4.79 Å². The highest BCUT2D eigenvalue weighted by Crippen LogP contribution is 2.31. The minimum absolute atomic E-state index is 0.0210. The Kier molecular flexibility index (Phi) is 4.20. The number of carbonyl (C=O) groups excluding carboxylic acids is 1. The molecule has 114 valence electrons. The maximum atomic E-state index is 12.1. The monoisotopic (exact) mass is 307 g/mol. The summed E-state index contributed by atoms with van der Waals surface area (Å²) in [6, 6.07) is 12.3. The lowest BCUT2D eigenvalue weighted by Crippen LogP contribution is -2.15. The molecule has 1 aromatic heterocycles. The summed E-state index contributed by atoms with van der Waals surface area (Å²) in [5.74, 6) is 1.14. The fraction of sp³-hybridized carbons (Fsp3) is 0.118. The molecule has 6 nitrogen and oxygen atoms in total. The molecule has 0 unspecified atom stereocenters. The van der Waals surface area contributed by atoms with Gasteiger partial charge >= 0.3 is 0 Å². The van der Waals surface area contributed by atoms with Crippen molar-refractivity contribution in [2.45, 2.75) is 0 Å². The Balaban J connectivity index is 1.81. The fourth-order valence-corrected chi connectivity index (χ4v) is 2.09. The van der Waals surface area contributed by atoms with Gasteiger partial charge in [0, 0.05) is 6.20 Å². The van der Waals surface area contributed by atoms with Gasteiger partial charge in [-0.2, -0.15) is 5.26 Å². The number of rotatable bonds is 3. The number of hydrogen-bond acceptors (Lipinski definition) is 5. The number of ether oxygens (including phenoxy) is 2. The molecule has 23 heavy (non-hydrogen) atoms. The molecule has 0 aliphatic carbocycles. The van der Waals surface area contributed by atoms with Gasteiger partial charge in [-0.15, -0.1) is 0 Å². The molecule has 1 aliphatic rings. The Hall–Kier alpha value is -3.33. The van der Waals surface area contributed by atoms with E-state index < -0.39 is 5.91 Å². The van der Waals surface area contributed by atoms with Crippen molar-refractivity contribution in [3.63, 3.8) is 0 Å². The van der Waals surface area contributed by atoms with E-state index in [2.05, 4.69) is 10.3 Å². The Bertz CT molecular complexity index is 794. The SMILES string of the molecule is N#C/C(=C\c1ccc2c(c1)OCCO2)C(=O)Nc1ccccn1. The summed E-state index contributed by atoms with van der Waals surface area (Å²) in [6.45, 7) is 0.990. The average molecular weight is 307 g/mol. The summed E-state index contributed by atoms with van der Waals surface area (Å²) in [4.78, 5) is 16.1. The number of hydrogen-bond donors (Lipinski definition) is 1. The van der Waals surface area contributed by atoms with Crippen LogP contribution in [-0.4, -0.2) is 24.1 Å². The minimum atomic E-state index is -0.513. The molecule has 1 N–H and O–H groups in total. The average Bonchev–Trinajstić information content (AvgIpc) is 2.60. The zero-order valence-electron chi connectivity index (χ0n) is 12.2. The van der Waals surface area contributed by atoms with Crippen molar-refractivity contribution in [1.82, 2.24) is 4.98 Å². The molecular formula is C17H13N3O3. The topological polar surface area (TPSA) is 84.2 Å². The summed E-state index contributed by atoms with van der Waals surface area (Å²) >= 11 is 0. The molecule has 0 atom stereocenters. The molecular weight excluding hydrogens is 294 g/mol. The molecule has 0 radical (unpaired) electrons. The van der Waals surface area contributed by atoms with Crippen molar-refractivity contribution in [1.29, 1.82) is 5.26 Å². The Labute approximate surface area is 133 Å². The molecule has 0 saturated heterocycles. The molecule has 0 saturated carbocycles.